The average molecular weight is 428 g/mol. The maximum Gasteiger partial charge on any atom is 0.495 e. The molecule has 0 unspecified atom stereocenters. The Balaban J connectivity index is 1.92. The van der Waals surface area contributed by atoms with Crippen molar-refractivity contribution in [3.63, 3.8) is 0 Å². The molecular weight excluding hydrogens is 398 g/mol. The molecule has 1 N–H and O–H groups in total. The van der Waals surface area contributed by atoms with Gasteiger partial charge in [-0.05, 0) is 89.8 Å². The molecule has 31 heavy (non-hydrogen) atoms. The third-order valence-corrected chi connectivity index (χ3v) is 5.49. The topological polar surface area (TPSA) is 69.7 Å². The van der Waals surface area contributed by atoms with E-state index < -0.39 is 30.0 Å². The maximum atomic E-state index is 13.3. The van der Waals surface area contributed by atoms with E-state index in [0.29, 0.717) is 5.69 Å². The lowest BCUT2D eigenvalue weighted by Gasteiger charge is -2.32. The number of carbonyl (C=O) groups is 1. The van der Waals surface area contributed by atoms with Crippen LogP contribution in [-0.2, 0) is 20.6 Å². The standard InChI is InChI=1S/C23H30BFN2O4/c1-21(2,3)29-20(28)27-14-16-13-26-19(15-8-10-17(25)11-9-15)12-18(16)24-30-22(4,5)23(6,7)31-24/h8-13H,14H2,1-7H3,(H,27,28). The minimum Gasteiger partial charge on any atom is -0.444 e. The Morgan fingerprint density at radius 3 is 2.26 bits per heavy atom. The van der Waals surface area contributed by atoms with E-state index in [2.05, 4.69) is 10.3 Å². The fourth-order valence-corrected chi connectivity index (χ4v) is 3.10. The van der Waals surface area contributed by atoms with E-state index in [4.69, 9.17) is 14.0 Å². The van der Waals surface area contributed by atoms with Gasteiger partial charge >= 0.3 is 13.2 Å². The lowest BCUT2D eigenvalue weighted by Crippen LogP contribution is -2.41. The van der Waals surface area contributed by atoms with Crippen molar-refractivity contribution in [3.8, 4) is 11.3 Å². The second-order valence-electron chi connectivity index (χ2n) is 9.72. The van der Waals surface area contributed by atoms with Crippen molar-refractivity contribution < 1.29 is 23.2 Å². The van der Waals surface area contributed by atoms with Crippen molar-refractivity contribution in [1.29, 1.82) is 0 Å². The number of hydrogen-bond donors (Lipinski definition) is 1. The molecule has 0 bridgehead atoms. The number of carbonyl (C=O) groups excluding carboxylic acids is 1. The number of rotatable bonds is 4. The normalized spacial score (nSPS) is 17.5. The Labute approximate surface area is 183 Å². The van der Waals surface area contributed by atoms with Gasteiger partial charge < -0.3 is 19.4 Å². The number of benzene rings is 1. The van der Waals surface area contributed by atoms with Crippen LogP contribution in [0.25, 0.3) is 11.3 Å². The number of alkyl carbamates (subject to hydrolysis) is 1. The van der Waals surface area contributed by atoms with E-state index in [0.717, 1.165) is 16.6 Å². The third kappa shape index (κ3) is 5.43. The number of pyridine rings is 1. The molecule has 1 amide bonds. The van der Waals surface area contributed by atoms with Crippen LogP contribution in [0.2, 0.25) is 0 Å². The van der Waals surface area contributed by atoms with Gasteiger partial charge in [-0.1, -0.05) is 0 Å². The average Bonchev–Trinajstić information content (AvgIpc) is 2.86. The summed E-state index contributed by atoms with van der Waals surface area (Å²) in [6.45, 7) is 13.5. The Morgan fingerprint density at radius 2 is 1.71 bits per heavy atom. The van der Waals surface area contributed by atoms with Crippen LogP contribution in [0.1, 0.15) is 54.0 Å². The predicted octanol–water partition coefficient (Wildman–Crippen LogP) is 4.21. The van der Waals surface area contributed by atoms with Crippen LogP contribution in [-0.4, -0.2) is 35.0 Å². The van der Waals surface area contributed by atoms with Crippen LogP contribution < -0.4 is 10.8 Å². The zero-order chi connectivity index (χ0) is 23.0. The van der Waals surface area contributed by atoms with Gasteiger partial charge in [0.2, 0.25) is 0 Å². The molecule has 2 heterocycles. The van der Waals surface area contributed by atoms with Gasteiger partial charge in [-0.25, -0.2) is 9.18 Å². The minimum absolute atomic E-state index is 0.199. The van der Waals surface area contributed by atoms with Crippen molar-refractivity contribution in [2.45, 2.75) is 71.8 Å². The molecule has 3 rings (SSSR count). The molecule has 1 aliphatic rings. The molecule has 166 valence electrons. The second kappa shape index (κ2) is 8.24. The molecule has 0 aliphatic carbocycles. The largest absolute Gasteiger partial charge is 0.495 e. The fraction of sp³-hybridized carbons (Fsp3) is 0.478. The molecule has 1 fully saturated rings. The van der Waals surface area contributed by atoms with Gasteiger partial charge in [0.25, 0.3) is 0 Å². The molecule has 1 aliphatic heterocycles. The zero-order valence-electron chi connectivity index (χ0n) is 19.2. The summed E-state index contributed by atoms with van der Waals surface area (Å²) in [5.74, 6) is -0.312. The number of nitrogens with zero attached hydrogens (tertiary/aromatic N) is 1. The van der Waals surface area contributed by atoms with E-state index in [9.17, 15) is 9.18 Å². The first-order valence-electron chi connectivity index (χ1n) is 10.3. The van der Waals surface area contributed by atoms with E-state index in [1.165, 1.54) is 12.1 Å². The fourth-order valence-electron chi connectivity index (χ4n) is 3.10. The lowest BCUT2D eigenvalue weighted by atomic mass is 9.76. The number of nitrogens with one attached hydrogen (secondary N) is 1. The summed E-state index contributed by atoms with van der Waals surface area (Å²) in [7, 11) is -0.636. The van der Waals surface area contributed by atoms with Crippen molar-refractivity contribution in [3.05, 3.63) is 47.9 Å². The highest BCUT2D eigenvalue weighted by molar-refractivity contribution is 6.62. The van der Waals surface area contributed by atoms with Gasteiger partial charge in [0.05, 0.1) is 16.9 Å². The van der Waals surface area contributed by atoms with Crippen LogP contribution in [0.4, 0.5) is 9.18 Å². The first kappa shape index (κ1) is 23.2. The van der Waals surface area contributed by atoms with Gasteiger partial charge in [-0.3, -0.25) is 4.98 Å². The quantitative estimate of drug-likeness (QED) is 0.739. The smallest absolute Gasteiger partial charge is 0.444 e. The van der Waals surface area contributed by atoms with Crippen LogP contribution in [0.5, 0.6) is 0 Å². The first-order chi connectivity index (χ1) is 14.3. The van der Waals surface area contributed by atoms with Gasteiger partial charge in [0.15, 0.2) is 0 Å². The van der Waals surface area contributed by atoms with Gasteiger partial charge in [-0.2, -0.15) is 0 Å². The number of aromatic nitrogens is 1. The Bertz CT molecular complexity index is 939. The predicted molar refractivity (Wildman–Crippen MR) is 118 cm³/mol. The second-order valence-corrected chi connectivity index (χ2v) is 9.72. The van der Waals surface area contributed by atoms with Crippen molar-refractivity contribution in [1.82, 2.24) is 10.3 Å². The first-order valence-corrected chi connectivity index (χ1v) is 10.3. The molecule has 0 radical (unpaired) electrons. The summed E-state index contributed by atoms with van der Waals surface area (Å²) < 4.78 is 31.1. The number of ether oxygens (including phenoxy) is 1. The summed E-state index contributed by atoms with van der Waals surface area (Å²) in [5, 5.41) is 2.77. The van der Waals surface area contributed by atoms with Gasteiger partial charge in [0, 0.05) is 18.3 Å². The van der Waals surface area contributed by atoms with Gasteiger partial charge in [-0.15, -0.1) is 0 Å². The summed E-state index contributed by atoms with van der Waals surface area (Å²) in [4.78, 5) is 16.6. The lowest BCUT2D eigenvalue weighted by molar-refractivity contribution is 0.00578. The van der Waals surface area contributed by atoms with Gasteiger partial charge in [0.1, 0.15) is 11.4 Å². The summed E-state index contributed by atoms with van der Waals surface area (Å²) in [6.07, 6.45) is 1.16. The van der Waals surface area contributed by atoms with E-state index in [-0.39, 0.29) is 12.4 Å². The molecular formula is C23H30BFN2O4. The Kier molecular flexibility index (Phi) is 6.17. The van der Waals surface area contributed by atoms with E-state index in [1.807, 2.05) is 33.8 Å². The third-order valence-electron chi connectivity index (χ3n) is 5.49. The molecule has 1 aromatic heterocycles. The van der Waals surface area contributed by atoms with Crippen molar-refractivity contribution in [2.75, 3.05) is 0 Å². The van der Waals surface area contributed by atoms with Crippen molar-refractivity contribution >= 4 is 18.7 Å². The van der Waals surface area contributed by atoms with Crippen molar-refractivity contribution in [2.24, 2.45) is 0 Å². The van der Waals surface area contributed by atoms with Crippen LogP contribution >= 0.6 is 0 Å². The monoisotopic (exact) mass is 428 g/mol. The van der Waals surface area contributed by atoms with Crippen LogP contribution in [0.15, 0.2) is 36.5 Å². The number of halogens is 1. The summed E-state index contributed by atoms with van der Waals surface area (Å²) in [6, 6.07) is 7.99. The molecule has 1 saturated heterocycles. The molecule has 1 aromatic carbocycles. The molecule has 0 saturated carbocycles. The molecule has 6 nitrogen and oxygen atoms in total. The summed E-state index contributed by atoms with van der Waals surface area (Å²) >= 11 is 0. The number of hydrogen-bond acceptors (Lipinski definition) is 5. The maximum absolute atomic E-state index is 13.3. The summed E-state index contributed by atoms with van der Waals surface area (Å²) in [5.41, 5.74) is 1.29. The highest BCUT2D eigenvalue weighted by Gasteiger charge is 2.52. The van der Waals surface area contributed by atoms with Crippen LogP contribution in [0.3, 0.4) is 0 Å². The zero-order valence-corrected chi connectivity index (χ0v) is 19.2. The molecule has 0 atom stereocenters. The SMILES string of the molecule is CC(C)(C)OC(=O)NCc1cnc(-c2ccc(F)cc2)cc1B1OC(C)(C)C(C)(C)O1. The molecule has 0 spiro atoms. The molecule has 2 aromatic rings. The Hall–Kier alpha value is -2.45. The molecule has 8 heteroatoms. The van der Waals surface area contributed by atoms with E-state index in [1.54, 1.807) is 39.1 Å². The highest BCUT2D eigenvalue weighted by atomic mass is 19.1. The highest BCUT2D eigenvalue weighted by Crippen LogP contribution is 2.37. The minimum atomic E-state index is -0.636. The Morgan fingerprint density at radius 1 is 1.13 bits per heavy atom. The van der Waals surface area contributed by atoms with Crippen LogP contribution in [0, 0.1) is 5.82 Å². The number of amides is 1. The van der Waals surface area contributed by atoms with E-state index >= 15 is 0 Å².